The first-order valence-corrected chi connectivity index (χ1v) is 10.3. The van der Waals surface area contributed by atoms with Gasteiger partial charge in [-0.25, -0.2) is 0 Å². The van der Waals surface area contributed by atoms with Crippen molar-refractivity contribution in [3.63, 3.8) is 0 Å². The van der Waals surface area contributed by atoms with E-state index in [9.17, 15) is 4.79 Å². The van der Waals surface area contributed by atoms with Crippen LogP contribution in [0.2, 0.25) is 0 Å². The Kier molecular flexibility index (Phi) is 4.85. The van der Waals surface area contributed by atoms with Gasteiger partial charge in [0.05, 0.1) is 13.2 Å². The van der Waals surface area contributed by atoms with Gasteiger partial charge in [-0.3, -0.25) is 9.69 Å². The van der Waals surface area contributed by atoms with Crippen LogP contribution in [0, 0.1) is 0 Å². The highest BCUT2D eigenvalue weighted by atomic mass is 16.5. The standard InChI is InChI=1S/C26H24N2O2/c1-30-26(29)23-16-21-20-14-8-9-15-22(20)27-24(21)25(19-12-6-3-7-13-19)28(23)17-18-10-4-2-5-11-18/h2-15,23,25,27H,16-17H2,1H3/t23-,25?/m0/s1. The number of carbonyl (C=O) groups is 1. The molecule has 2 heterocycles. The van der Waals surface area contributed by atoms with Crippen molar-refractivity contribution in [1.29, 1.82) is 0 Å². The van der Waals surface area contributed by atoms with Gasteiger partial charge in [-0.2, -0.15) is 0 Å². The van der Waals surface area contributed by atoms with Crippen molar-refractivity contribution in [1.82, 2.24) is 9.88 Å². The molecular formula is C26H24N2O2. The summed E-state index contributed by atoms with van der Waals surface area (Å²) in [7, 11) is 1.48. The molecule has 30 heavy (non-hydrogen) atoms. The molecule has 1 N–H and O–H groups in total. The van der Waals surface area contributed by atoms with Crippen LogP contribution in [-0.2, 0) is 22.5 Å². The predicted molar refractivity (Wildman–Crippen MR) is 118 cm³/mol. The third-order valence-corrected chi connectivity index (χ3v) is 6.05. The summed E-state index contributed by atoms with van der Waals surface area (Å²) >= 11 is 0. The van der Waals surface area contributed by atoms with Crippen LogP contribution in [0.3, 0.4) is 0 Å². The third kappa shape index (κ3) is 3.19. The fourth-order valence-electron chi connectivity index (χ4n) is 4.67. The third-order valence-electron chi connectivity index (χ3n) is 6.05. The number of hydrogen-bond acceptors (Lipinski definition) is 3. The topological polar surface area (TPSA) is 45.3 Å². The van der Waals surface area contributed by atoms with E-state index in [1.54, 1.807) is 0 Å². The number of nitrogens with zero attached hydrogens (tertiary/aromatic N) is 1. The Labute approximate surface area is 176 Å². The summed E-state index contributed by atoms with van der Waals surface area (Å²) in [6.07, 6.45) is 0.627. The fourth-order valence-corrected chi connectivity index (χ4v) is 4.67. The van der Waals surface area contributed by atoms with E-state index in [1.807, 2.05) is 30.3 Å². The summed E-state index contributed by atoms with van der Waals surface area (Å²) in [4.78, 5) is 18.9. The van der Waals surface area contributed by atoms with E-state index in [2.05, 4.69) is 64.5 Å². The quantitative estimate of drug-likeness (QED) is 0.501. The van der Waals surface area contributed by atoms with Crippen molar-refractivity contribution in [3.8, 4) is 0 Å². The molecular weight excluding hydrogens is 372 g/mol. The number of ether oxygens (including phenoxy) is 1. The van der Waals surface area contributed by atoms with Gasteiger partial charge in [0.2, 0.25) is 0 Å². The van der Waals surface area contributed by atoms with E-state index >= 15 is 0 Å². The second-order valence-electron chi connectivity index (χ2n) is 7.78. The highest BCUT2D eigenvalue weighted by molar-refractivity contribution is 5.87. The number of carbonyl (C=O) groups excluding carboxylic acids is 1. The molecule has 3 aromatic carbocycles. The summed E-state index contributed by atoms with van der Waals surface area (Å²) in [5, 5.41) is 1.18. The van der Waals surface area contributed by atoms with E-state index in [4.69, 9.17) is 4.74 Å². The van der Waals surface area contributed by atoms with Gasteiger partial charge in [0, 0.05) is 29.6 Å². The number of methoxy groups -OCH3 is 1. The smallest absolute Gasteiger partial charge is 0.323 e. The van der Waals surface area contributed by atoms with Crippen molar-refractivity contribution in [2.45, 2.75) is 25.0 Å². The van der Waals surface area contributed by atoms with E-state index in [-0.39, 0.29) is 18.1 Å². The van der Waals surface area contributed by atoms with Crippen LogP contribution in [0.15, 0.2) is 84.9 Å². The molecule has 5 rings (SSSR count). The Hall–Kier alpha value is -3.37. The lowest BCUT2D eigenvalue weighted by Gasteiger charge is -2.41. The minimum Gasteiger partial charge on any atom is -0.468 e. The van der Waals surface area contributed by atoms with Crippen LogP contribution in [0.4, 0.5) is 0 Å². The molecule has 4 nitrogen and oxygen atoms in total. The highest BCUT2D eigenvalue weighted by Crippen LogP contribution is 2.41. The molecule has 0 amide bonds. The summed E-state index contributed by atoms with van der Waals surface area (Å²) in [6.45, 7) is 0.662. The highest BCUT2D eigenvalue weighted by Gasteiger charge is 2.41. The molecule has 1 unspecified atom stereocenters. The van der Waals surface area contributed by atoms with Crippen LogP contribution in [0.1, 0.15) is 28.4 Å². The Balaban J connectivity index is 1.71. The molecule has 0 spiro atoms. The number of para-hydroxylation sites is 1. The van der Waals surface area contributed by atoms with Crippen LogP contribution in [0.25, 0.3) is 10.9 Å². The molecule has 150 valence electrons. The van der Waals surface area contributed by atoms with Gasteiger partial charge >= 0.3 is 5.97 Å². The molecule has 1 aliphatic heterocycles. The summed E-state index contributed by atoms with van der Waals surface area (Å²) in [5.74, 6) is -0.192. The van der Waals surface area contributed by atoms with Crippen LogP contribution < -0.4 is 0 Å². The van der Waals surface area contributed by atoms with Crippen LogP contribution in [-0.4, -0.2) is 29.0 Å². The number of benzene rings is 3. The van der Waals surface area contributed by atoms with Crippen molar-refractivity contribution < 1.29 is 9.53 Å². The number of esters is 1. The van der Waals surface area contributed by atoms with Crippen molar-refractivity contribution >= 4 is 16.9 Å². The zero-order chi connectivity index (χ0) is 20.5. The van der Waals surface area contributed by atoms with Crippen molar-refractivity contribution in [3.05, 3.63) is 107 Å². The van der Waals surface area contributed by atoms with Crippen molar-refractivity contribution in [2.75, 3.05) is 7.11 Å². The lowest BCUT2D eigenvalue weighted by molar-refractivity contribution is -0.148. The minimum absolute atomic E-state index is 0.0633. The first kappa shape index (κ1) is 18.6. The van der Waals surface area contributed by atoms with Gasteiger partial charge in [0.25, 0.3) is 0 Å². The van der Waals surface area contributed by atoms with E-state index in [1.165, 1.54) is 29.3 Å². The summed E-state index contributed by atoms with van der Waals surface area (Å²) in [5.41, 5.74) is 5.81. The first-order valence-electron chi connectivity index (χ1n) is 10.3. The Morgan fingerprint density at radius 1 is 0.967 bits per heavy atom. The largest absolute Gasteiger partial charge is 0.468 e. The van der Waals surface area contributed by atoms with Gasteiger partial charge in [0.15, 0.2) is 0 Å². The molecule has 0 radical (unpaired) electrons. The maximum atomic E-state index is 12.9. The van der Waals surface area contributed by atoms with Crippen LogP contribution in [0.5, 0.6) is 0 Å². The lowest BCUT2D eigenvalue weighted by Crippen LogP contribution is -2.48. The molecule has 0 saturated heterocycles. The first-order chi connectivity index (χ1) is 14.8. The number of fused-ring (bicyclic) bond motifs is 3. The lowest BCUT2D eigenvalue weighted by atomic mass is 9.87. The zero-order valence-corrected chi connectivity index (χ0v) is 16.9. The van der Waals surface area contributed by atoms with E-state index in [0.717, 1.165) is 11.1 Å². The second-order valence-corrected chi connectivity index (χ2v) is 7.78. The van der Waals surface area contributed by atoms with Gasteiger partial charge in [-0.05, 0) is 22.8 Å². The van der Waals surface area contributed by atoms with Gasteiger partial charge in [0.1, 0.15) is 6.04 Å². The zero-order valence-electron chi connectivity index (χ0n) is 16.9. The average Bonchev–Trinajstić information content (AvgIpc) is 3.17. The SMILES string of the molecule is COC(=O)[C@@H]1Cc2c([nH]c3ccccc23)C(c2ccccc2)N1Cc1ccccc1. The Bertz CT molecular complexity index is 1170. The number of aromatic nitrogens is 1. The number of rotatable bonds is 4. The Morgan fingerprint density at radius 2 is 1.63 bits per heavy atom. The predicted octanol–water partition coefficient (Wildman–Crippen LogP) is 4.86. The molecule has 1 aromatic heterocycles. The Morgan fingerprint density at radius 3 is 2.37 bits per heavy atom. The number of aromatic amines is 1. The monoisotopic (exact) mass is 396 g/mol. The van der Waals surface area contributed by atoms with Gasteiger partial charge in [-0.15, -0.1) is 0 Å². The molecule has 4 aromatic rings. The molecule has 1 aliphatic rings. The van der Waals surface area contributed by atoms with Gasteiger partial charge < -0.3 is 9.72 Å². The molecule has 0 aliphatic carbocycles. The molecule has 2 atom stereocenters. The number of hydrogen-bond donors (Lipinski definition) is 1. The maximum absolute atomic E-state index is 12.9. The average molecular weight is 396 g/mol. The molecule has 0 saturated carbocycles. The molecule has 0 fully saturated rings. The molecule has 4 heteroatoms. The van der Waals surface area contributed by atoms with E-state index in [0.29, 0.717) is 13.0 Å². The van der Waals surface area contributed by atoms with Crippen LogP contribution >= 0.6 is 0 Å². The second kappa shape index (κ2) is 7.81. The van der Waals surface area contributed by atoms with E-state index < -0.39 is 0 Å². The number of nitrogens with one attached hydrogen (secondary N) is 1. The summed E-state index contributed by atoms with van der Waals surface area (Å²) in [6, 6.07) is 28.6. The van der Waals surface area contributed by atoms with Crippen molar-refractivity contribution in [2.24, 2.45) is 0 Å². The van der Waals surface area contributed by atoms with Gasteiger partial charge in [-0.1, -0.05) is 78.9 Å². The summed E-state index contributed by atoms with van der Waals surface area (Å²) < 4.78 is 5.25. The normalized spacial score (nSPS) is 18.8. The number of H-pyrrole nitrogens is 1. The fraction of sp³-hybridized carbons (Fsp3) is 0.192. The maximum Gasteiger partial charge on any atom is 0.323 e. The molecule has 0 bridgehead atoms. The minimum atomic E-state index is -0.355.